The minimum atomic E-state index is -0.293. The Morgan fingerprint density at radius 3 is 2.47 bits per heavy atom. The molecule has 1 heterocycles. The van der Waals surface area contributed by atoms with Crippen molar-refractivity contribution in [1.29, 1.82) is 0 Å². The first kappa shape index (κ1) is 23.2. The van der Waals surface area contributed by atoms with Gasteiger partial charge in [-0.2, -0.15) is 0 Å². The highest BCUT2D eigenvalue weighted by Gasteiger charge is 2.13. The lowest BCUT2D eigenvalue weighted by atomic mass is 10.1. The summed E-state index contributed by atoms with van der Waals surface area (Å²) in [6.45, 7) is 10.5. The van der Waals surface area contributed by atoms with Crippen LogP contribution in [0.15, 0.2) is 53.7 Å². The second-order valence-corrected chi connectivity index (χ2v) is 8.28. The quantitative estimate of drug-likeness (QED) is 0.458. The molecule has 30 heavy (non-hydrogen) atoms. The number of nitrogens with one attached hydrogen (secondary N) is 3. The molecule has 1 aromatic heterocycles. The molecule has 0 radical (unpaired) electrons. The van der Waals surface area contributed by atoms with E-state index in [1.54, 1.807) is 6.20 Å². The van der Waals surface area contributed by atoms with Crippen LogP contribution in [0.5, 0.6) is 5.75 Å². The SMILES string of the molecule is CC(C)Oc1ccc(NC(=NCC(=O)NC(C)(C)C)NCCc2ccccn2)cc1. The van der Waals surface area contributed by atoms with E-state index in [1.165, 1.54) is 0 Å². The highest BCUT2D eigenvalue weighted by molar-refractivity contribution is 5.95. The maximum Gasteiger partial charge on any atom is 0.242 e. The van der Waals surface area contributed by atoms with Gasteiger partial charge in [0, 0.05) is 36.1 Å². The van der Waals surface area contributed by atoms with E-state index in [1.807, 2.05) is 77.1 Å². The fraction of sp³-hybridized carbons (Fsp3) is 0.435. The Morgan fingerprint density at radius 2 is 1.87 bits per heavy atom. The molecule has 7 heteroatoms. The van der Waals surface area contributed by atoms with E-state index in [0.29, 0.717) is 12.5 Å². The van der Waals surface area contributed by atoms with Crippen molar-refractivity contribution >= 4 is 17.6 Å². The van der Waals surface area contributed by atoms with Gasteiger partial charge in [0.2, 0.25) is 5.91 Å². The maximum atomic E-state index is 12.2. The molecule has 0 saturated carbocycles. The van der Waals surface area contributed by atoms with Crippen molar-refractivity contribution in [2.24, 2.45) is 4.99 Å². The summed E-state index contributed by atoms with van der Waals surface area (Å²) in [5.74, 6) is 1.21. The normalized spacial score (nSPS) is 11.9. The average molecular weight is 412 g/mol. The highest BCUT2D eigenvalue weighted by Crippen LogP contribution is 2.16. The largest absolute Gasteiger partial charge is 0.491 e. The summed E-state index contributed by atoms with van der Waals surface area (Å²) < 4.78 is 5.68. The van der Waals surface area contributed by atoms with Gasteiger partial charge >= 0.3 is 0 Å². The van der Waals surface area contributed by atoms with Crippen molar-refractivity contribution < 1.29 is 9.53 Å². The number of pyridine rings is 1. The van der Waals surface area contributed by atoms with Crippen LogP contribution < -0.4 is 20.7 Å². The van der Waals surface area contributed by atoms with Gasteiger partial charge in [-0.15, -0.1) is 0 Å². The molecular weight excluding hydrogens is 378 g/mol. The molecule has 3 N–H and O–H groups in total. The predicted octanol–water partition coefficient (Wildman–Crippen LogP) is 3.38. The third-order valence-electron chi connectivity index (χ3n) is 3.78. The Bertz CT molecular complexity index is 812. The summed E-state index contributed by atoms with van der Waals surface area (Å²) in [7, 11) is 0. The number of hydrogen-bond acceptors (Lipinski definition) is 4. The van der Waals surface area contributed by atoms with Gasteiger partial charge in [-0.1, -0.05) is 6.07 Å². The van der Waals surface area contributed by atoms with Crippen molar-refractivity contribution in [3.05, 3.63) is 54.4 Å². The number of aliphatic imine (C=N–C) groups is 1. The molecule has 0 aliphatic heterocycles. The monoisotopic (exact) mass is 411 g/mol. The number of rotatable bonds is 8. The van der Waals surface area contributed by atoms with E-state index in [-0.39, 0.29) is 24.1 Å². The van der Waals surface area contributed by atoms with Gasteiger partial charge in [0.25, 0.3) is 0 Å². The second-order valence-electron chi connectivity index (χ2n) is 8.28. The number of carbonyl (C=O) groups is 1. The summed E-state index contributed by atoms with van der Waals surface area (Å²) in [5, 5.41) is 9.43. The minimum absolute atomic E-state index is 0.0325. The molecule has 0 unspecified atom stereocenters. The number of amides is 1. The standard InChI is InChI=1S/C23H33N5O2/c1-17(2)30-20-11-9-19(10-12-20)27-22(26-16-21(29)28-23(3,4)5)25-15-13-18-8-6-7-14-24-18/h6-12,14,17H,13,15-16H2,1-5H3,(H,28,29)(H2,25,26,27). The van der Waals surface area contributed by atoms with Crippen LogP contribution in [-0.4, -0.2) is 41.6 Å². The molecule has 162 valence electrons. The average Bonchev–Trinajstić information content (AvgIpc) is 2.66. The molecule has 0 fully saturated rings. The van der Waals surface area contributed by atoms with Gasteiger partial charge in [-0.05, 0) is 71.0 Å². The summed E-state index contributed by atoms with van der Waals surface area (Å²) in [6.07, 6.45) is 2.65. The fourth-order valence-corrected chi connectivity index (χ4v) is 2.63. The third kappa shape index (κ3) is 9.41. The van der Waals surface area contributed by atoms with Gasteiger partial charge in [-0.3, -0.25) is 9.78 Å². The number of benzene rings is 1. The molecule has 7 nitrogen and oxygen atoms in total. The summed E-state index contributed by atoms with van der Waals surface area (Å²) in [5.41, 5.74) is 1.55. The summed E-state index contributed by atoms with van der Waals surface area (Å²) >= 11 is 0. The molecule has 0 aliphatic carbocycles. The molecule has 1 amide bonds. The topological polar surface area (TPSA) is 87.6 Å². The lowest BCUT2D eigenvalue weighted by Crippen LogP contribution is -2.42. The second kappa shape index (κ2) is 11.2. The van der Waals surface area contributed by atoms with Gasteiger partial charge in [-0.25, -0.2) is 4.99 Å². The number of nitrogens with zero attached hydrogens (tertiary/aromatic N) is 2. The van der Waals surface area contributed by atoms with E-state index < -0.39 is 0 Å². The first-order valence-electron chi connectivity index (χ1n) is 10.2. The van der Waals surface area contributed by atoms with Gasteiger partial charge in [0.15, 0.2) is 5.96 Å². The number of anilines is 1. The number of aromatic nitrogens is 1. The van der Waals surface area contributed by atoms with E-state index >= 15 is 0 Å². The number of hydrogen-bond donors (Lipinski definition) is 3. The van der Waals surface area contributed by atoms with Gasteiger partial charge in [0.1, 0.15) is 12.3 Å². The Kier molecular flexibility index (Phi) is 8.65. The summed E-state index contributed by atoms with van der Waals surface area (Å²) in [6, 6.07) is 13.5. The first-order chi connectivity index (χ1) is 14.2. The predicted molar refractivity (Wildman–Crippen MR) is 122 cm³/mol. The Balaban J connectivity index is 2.01. The van der Waals surface area contributed by atoms with Crippen LogP contribution in [0.3, 0.4) is 0 Å². The van der Waals surface area contributed by atoms with Crippen molar-refractivity contribution in [3.63, 3.8) is 0 Å². The molecule has 0 saturated heterocycles. The van der Waals surface area contributed by atoms with Gasteiger partial charge in [0.05, 0.1) is 6.10 Å². The van der Waals surface area contributed by atoms with Crippen LogP contribution in [0, 0.1) is 0 Å². The molecule has 2 aromatic rings. The van der Waals surface area contributed by atoms with Crippen LogP contribution in [0.2, 0.25) is 0 Å². The Labute approximate surface area is 179 Å². The molecule has 0 atom stereocenters. The van der Waals surface area contributed by atoms with E-state index in [2.05, 4.69) is 25.9 Å². The van der Waals surface area contributed by atoms with Crippen LogP contribution >= 0.6 is 0 Å². The van der Waals surface area contributed by atoms with E-state index in [0.717, 1.165) is 23.6 Å². The molecule has 0 spiro atoms. The molecular formula is C23H33N5O2. The van der Waals surface area contributed by atoms with E-state index in [4.69, 9.17) is 4.74 Å². The molecule has 0 bridgehead atoms. The first-order valence-corrected chi connectivity index (χ1v) is 10.2. The van der Waals surface area contributed by atoms with Crippen molar-refractivity contribution in [2.75, 3.05) is 18.4 Å². The number of guanidine groups is 1. The maximum absolute atomic E-state index is 12.2. The fourth-order valence-electron chi connectivity index (χ4n) is 2.63. The van der Waals surface area contributed by atoms with Crippen LogP contribution in [0.25, 0.3) is 0 Å². The highest BCUT2D eigenvalue weighted by atomic mass is 16.5. The van der Waals surface area contributed by atoms with Crippen molar-refractivity contribution in [2.45, 2.75) is 52.7 Å². The molecule has 2 rings (SSSR count). The molecule has 0 aliphatic rings. The zero-order valence-electron chi connectivity index (χ0n) is 18.5. The minimum Gasteiger partial charge on any atom is -0.491 e. The lowest BCUT2D eigenvalue weighted by molar-refractivity contribution is -0.121. The third-order valence-corrected chi connectivity index (χ3v) is 3.78. The van der Waals surface area contributed by atoms with Crippen molar-refractivity contribution in [3.8, 4) is 5.75 Å². The van der Waals surface area contributed by atoms with Crippen LogP contribution in [0.4, 0.5) is 5.69 Å². The zero-order valence-corrected chi connectivity index (χ0v) is 18.5. The number of ether oxygens (including phenoxy) is 1. The Hall–Kier alpha value is -3.09. The lowest BCUT2D eigenvalue weighted by Gasteiger charge is -2.20. The van der Waals surface area contributed by atoms with Crippen LogP contribution in [0.1, 0.15) is 40.3 Å². The zero-order chi connectivity index (χ0) is 22.0. The smallest absolute Gasteiger partial charge is 0.242 e. The molecule has 1 aromatic carbocycles. The summed E-state index contributed by atoms with van der Waals surface area (Å²) in [4.78, 5) is 20.9. The van der Waals surface area contributed by atoms with E-state index in [9.17, 15) is 4.79 Å². The number of carbonyl (C=O) groups excluding carboxylic acids is 1. The van der Waals surface area contributed by atoms with Gasteiger partial charge < -0.3 is 20.7 Å². The Morgan fingerprint density at radius 1 is 1.13 bits per heavy atom. The van der Waals surface area contributed by atoms with Crippen molar-refractivity contribution in [1.82, 2.24) is 15.6 Å². The van der Waals surface area contributed by atoms with Crippen LogP contribution in [-0.2, 0) is 11.2 Å².